The largest absolute Gasteiger partial charge is 0.309 e. The minimum absolute atomic E-state index is 1.17. The molecule has 1 heteroatoms. The second-order valence-corrected chi connectivity index (χ2v) is 3.91. The fraction of sp³-hybridized carbons (Fsp3) is 0.833. The molecule has 0 aliphatic carbocycles. The fourth-order valence-corrected chi connectivity index (χ4v) is 1.26. The van der Waals surface area contributed by atoms with Crippen molar-refractivity contribution in [2.75, 3.05) is 20.6 Å². The van der Waals surface area contributed by atoms with Gasteiger partial charge in [0.1, 0.15) is 0 Å². The van der Waals surface area contributed by atoms with Crippen molar-refractivity contribution in [1.82, 2.24) is 4.90 Å². The zero-order chi connectivity index (χ0) is 9.94. The van der Waals surface area contributed by atoms with Crippen LogP contribution in [0.2, 0.25) is 0 Å². The lowest BCUT2D eigenvalue weighted by Crippen LogP contribution is -2.11. The van der Waals surface area contributed by atoms with Crippen molar-refractivity contribution in [1.29, 1.82) is 0 Å². The molecule has 0 bridgehead atoms. The molecule has 0 rings (SSSR count). The van der Waals surface area contributed by atoms with Gasteiger partial charge in [-0.2, -0.15) is 0 Å². The number of unbranched alkanes of at least 4 members (excludes halogenated alkanes) is 4. The zero-order valence-electron chi connectivity index (χ0n) is 9.55. The number of nitrogens with zero attached hydrogens (tertiary/aromatic N) is 1. The van der Waals surface area contributed by atoms with E-state index in [2.05, 4.69) is 38.1 Å². The van der Waals surface area contributed by atoms with Gasteiger partial charge in [0.25, 0.3) is 0 Å². The third kappa shape index (κ3) is 11.7. The molecule has 0 unspecified atom stereocenters. The van der Waals surface area contributed by atoms with Crippen LogP contribution in [-0.2, 0) is 0 Å². The van der Waals surface area contributed by atoms with Gasteiger partial charge in [-0.05, 0) is 33.4 Å². The Hall–Kier alpha value is -0.300. The van der Waals surface area contributed by atoms with Crippen molar-refractivity contribution in [2.24, 2.45) is 0 Å². The van der Waals surface area contributed by atoms with E-state index in [4.69, 9.17) is 0 Å². The number of rotatable bonds is 8. The maximum atomic E-state index is 2.33. The Labute approximate surface area is 83.8 Å². The van der Waals surface area contributed by atoms with Crippen LogP contribution in [0.5, 0.6) is 0 Å². The Bertz CT molecular complexity index is 116. The summed E-state index contributed by atoms with van der Waals surface area (Å²) < 4.78 is 0. The van der Waals surface area contributed by atoms with Crippen LogP contribution in [0.4, 0.5) is 0 Å². The fourth-order valence-electron chi connectivity index (χ4n) is 1.26. The molecule has 0 saturated heterocycles. The maximum Gasteiger partial charge on any atom is 0.000980 e. The van der Waals surface area contributed by atoms with E-state index in [1.165, 1.54) is 45.1 Å². The topological polar surface area (TPSA) is 3.24 Å². The normalized spacial score (nSPS) is 11.7. The summed E-state index contributed by atoms with van der Waals surface area (Å²) in [6.07, 6.45) is 12.6. The van der Waals surface area contributed by atoms with E-state index in [0.29, 0.717) is 0 Å². The molecule has 0 amide bonds. The summed E-state index contributed by atoms with van der Waals surface area (Å²) in [5.41, 5.74) is 0. The van der Waals surface area contributed by atoms with Crippen molar-refractivity contribution < 1.29 is 0 Å². The van der Waals surface area contributed by atoms with Crippen molar-refractivity contribution in [3.8, 4) is 0 Å². The first kappa shape index (κ1) is 12.7. The highest BCUT2D eigenvalue weighted by molar-refractivity contribution is 4.81. The standard InChI is InChI=1S/C12H25N/c1-4-5-6-7-8-9-10-11-12-13(2)3/h9-10H,4-8,11-12H2,1-3H3. The Morgan fingerprint density at radius 3 is 2.23 bits per heavy atom. The SMILES string of the molecule is CCCCCCC=CCCN(C)C. The summed E-state index contributed by atoms with van der Waals surface area (Å²) in [5.74, 6) is 0. The van der Waals surface area contributed by atoms with E-state index in [0.717, 1.165) is 0 Å². The van der Waals surface area contributed by atoms with Crippen molar-refractivity contribution >= 4 is 0 Å². The van der Waals surface area contributed by atoms with Gasteiger partial charge >= 0.3 is 0 Å². The minimum Gasteiger partial charge on any atom is -0.309 e. The number of hydrogen-bond acceptors (Lipinski definition) is 1. The predicted octanol–water partition coefficient (Wildman–Crippen LogP) is 3.46. The molecular formula is C12H25N. The summed E-state index contributed by atoms with van der Waals surface area (Å²) in [6.45, 7) is 3.43. The molecule has 78 valence electrons. The van der Waals surface area contributed by atoms with Crippen LogP contribution in [0.15, 0.2) is 12.2 Å². The Kier molecular flexibility index (Phi) is 9.56. The average molecular weight is 183 g/mol. The van der Waals surface area contributed by atoms with Crippen LogP contribution in [0, 0.1) is 0 Å². The smallest absolute Gasteiger partial charge is 0.000980 e. The van der Waals surface area contributed by atoms with Crippen LogP contribution in [-0.4, -0.2) is 25.5 Å². The highest BCUT2D eigenvalue weighted by Gasteiger charge is 1.86. The van der Waals surface area contributed by atoms with Gasteiger partial charge in [-0.1, -0.05) is 38.3 Å². The van der Waals surface area contributed by atoms with E-state index in [-0.39, 0.29) is 0 Å². The second-order valence-electron chi connectivity index (χ2n) is 3.91. The molecule has 0 spiro atoms. The molecule has 13 heavy (non-hydrogen) atoms. The summed E-state index contributed by atoms with van der Waals surface area (Å²) in [7, 11) is 4.24. The zero-order valence-corrected chi connectivity index (χ0v) is 9.55. The molecule has 0 aliphatic rings. The molecule has 0 radical (unpaired) electrons. The first-order valence-corrected chi connectivity index (χ1v) is 5.57. The van der Waals surface area contributed by atoms with Crippen LogP contribution < -0.4 is 0 Å². The van der Waals surface area contributed by atoms with E-state index < -0.39 is 0 Å². The molecule has 0 atom stereocenters. The third-order valence-electron chi connectivity index (χ3n) is 2.13. The molecule has 1 nitrogen and oxygen atoms in total. The Morgan fingerprint density at radius 1 is 0.923 bits per heavy atom. The Balaban J connectivity index is 3.03. The molecule has 0 aromatic heterocycles. The van der Waals surface area contributed by atoms with Gasteiger partial charge in [0, 0.05) is 6.54 Å². The van der Waals surface area contributed by atoms with Crippen LogP contribution >= 0.6 is 0 Å². The first-order valence-electron chi connectivity index (χ1n) is 5.57. The van der Waals surface area contributed by atoms with Crippen LogP contribution in [0.25, 0.3) is 0 Å². The van der Waals surface area contributed by atoms with E-state index >= 15 is 0 Å². The van der Waals surface area contributed by atoms with Gasteiger partial charge < -0.3 is 4.90 Å². The van der Waals surface area contributed by atoms with Gasteiger partial charge in [0.05, 0.1) is 0 Å². The van der Waals surface area contributed by atoms with Gasteiger partial charge in [-0.25, -0.2) is 0 Å². The Morgan fingerprint density at radius 2 is 1.62 bits per heavy atom. The van der Waals surface area contributed by atoms with Crippen LogP contribution in [0.3, 0.4) is 0 Å². The quantitative estimate of drug-likeness (QED) is 0.411. The van der Waals surface area contributed by atoms with Crippen molar-refractivity contribution in [2.45, 2.75) is 45.4 Å². The average Bonchev–Trinajstić information content (AvgIpc) is 2.09. The number of allylic oxidation sites excluding steroid dienone is 1. The second kappa shape index (κ2) is 9.79. The van der Waals surface area contributed by atoms with E-state index in [9.17, 15) is 0 Å². The molecule has 0 aromatic carbocycles. The predicted molar refractivity (Wildman–Crippen MR) is 61.1 cm³/mol. The summed E-state index contributed by atoms with van der Waals surface area (Å²) in [4.78, 5) is 2.22. The van der Waals surface area contributed by atoms with E-state index in [1.807, 2.05) is 0 Å². The lowest BCUT2D eigenvalue weighted by Gasteiger charge is -2.05. The number of hydrogen-bond donors (Lipinski definition) is 0. The molecule has 0 heterocycles. The van der Waals surface area contributed by atoms with Gasteiger partial charge in [-0.3, -0.25) is 0 Å². The van der Waals surface area contributed by atoms with Crippen LogP contribution in [0.1, 0.15) is 45.4 Å². The van der Waals surface area contributed by atoms with Gasteiger partial charge in [-0.15, -0.1) is 0 Å². The summed E-state index contributed by atoms with van der Waals surface area (Å²) in [6, 6.07) is 0. The molecule has 0 saturated carbocycles. The molecular weight excluding hydrogens is 158 g/mol. The first-order chi connectivity index (χ1) is 6.27. The molecule has 0 aliphatic heterocycles. The van der Waals surface area contributed by atoms with Crippen molar-refractivity contribution in [3.63, 3.8) is 0 Å². The maximum absolute atomic E-state index is 2.33. The highest BCUT2D eigenvalue weighted by Crippen LogP contribution is 2.03. The minimum atomic E-state index is 1.17. The molecule has 0 N–H and O–H groups in total. The molecule has 0 fully saturated rings. The van der Waals surface area contributed by atoms with Gasteiger partial charge in [0.2, 0.25) is 0 Å². The van der Waals surface area contributed by atoms with E-state index in [1.54, 1.807) is 0 Å². The van der Waals surface area contributed by atoms with Crippen molar-refractivity contribution in [3.05, 3.63) is 12.2 Å². The summed E-state index contributed by atoms with van der Waals surface area (Å²) in [5, 5.41) is 0. The lowest BCUT2D eigenvalue weighted by atomic mass is 10.1. The summed E-state index contributed by atoms with van der Waals surface area (Å²) >= 11 is 0. The van der Waals surface area contributed by atoms with Gasteiger partial charge in [0.15, 0.2) is 0 Å². The molecule has 0 aromatic rings. The monoisotopic (exact) mass is 183 g/mol. The lowest BCUT2D eigenvalue weighted by molar-refractivity contribution is 0.417. The third-order valence-corrected chi connectivity index (χ3v) is 2.13. The highest BCUT2D eigenvalue weighted by atomic mass is 15.0.